The molecule has 1 N–H and O–H groups in total. The number of hydrogen-bond donors (Lipinski definition) is 1. The Labute approximate surface area is 312 Å². The zero-order chi connectivity index (χ0) is 37.5. The highest BCUT2D eigenvalue weighted by molar-refractivity contribution is 6.36. The van der Waals surface area contributed by atoms with Gasteiger partial charge in [0.05, 0.1) is 35.9 Å². The first-order valence-corrected chi connectivity index (χ1v) is 17.9. The molecule has 0 radical (unpaired) electrons. The highest BCUT2D eigenvalue weighted by Crippen LogP contribution is 2.62. The number of anilines is 2. The number of halogens is 3. The number of aromatic nitrogens is 4. The van der Waals surface area contributed by atoms with Crippen molar-refractivity contribution in [2.75, 3.05) is 33.1 Å². The summed E-state index contributed by atoms with van der Waals surface area (Å²) in [5.41, 5.74) is 6.56. The molecule has 2 aliphatic carbocycles. The molecule has 9 nitrogen and oxygen atoms in total. The Morgan fingerprint density at radius 1 is 1.04 bits per heavy atom. The van der Waals surface area contributed by atoms with Crippen LogP contribution < -0.4 is 10.1 Å². The molecule has 0 aliphatic heterocycles. The molecule has 3 heterocycles. The van der Waals surface area contributed by atoms with Crippen LogP contribution in [-0.4, -0.2) is 58.6 Å². The van der Waals surface area contributed by atoms with E-state index < -0.39 is 12.2 Å². The number of rotatable bonds is 12. The maximum atomic E-state index is 13.8. The van der Waals surface area contributed by atoms with Gasteiger partial charge in [0.1, 0.15) is 5.52 Å². The number of esters is 1. The van der Waals surface area contributed by atoms with E-state index in [9.17, 15) is 13.6 Å². The summed E-state index contributed by atoms with van der Waals surface area (Å²) < 4.78 is 38.6. The van der Waals surface area contributed by atoms with Crippen molar-refractivity contribution >= 4 is 46.2 Å². The van der Waals surface area contributed by atoms with Crippen molar-refractivity contribution in [2.24, 2.45) is 10.8 Å². The van der Waals surface area contributed by atoms with Crippen LogP contribution in [0.1, 0.15) is 61.0 Å². The molecule has 5 aromatic rings. The Kier molecular flexibility index (Phi) is 9.90. The van der Waals surface area contributed by atoms with Crippen molar-refractivity contribution < 1.29 is 23.0 Å². The van der Waals surface area contributed by atoms with Crippen LogP contribution in [0.4, 0.5) is 20.3 Å². The number of methoxy groups -OCH3 is 2. The van der Waals surface area contributed by atoms with Crippen LogP contribution in [0, 0.1) is 17.8 Å². The number of carbonyl (C=O) groups excluding carboxylic acids is 1. The van der Waals surface area contributed by atoms with Gasteiger partial charge in [-0.3, -0.25) is 9.78 Å². The quantitative estimate of drug-likeness (QED) is 0.125. The third kappa shape index (κ3) is 6.84. The monoisotopic (exact) mass is 738 g/mol. The first-order valence-electron chi connectivity index (χ1n) is 17.5. The minimum Gasteiger partial charge on any atom is -0.481 e. The molecule has 0 unspecified atom stereocenters. The summed E-state index contributed by atoms with van der Waals surface area (Å²) in [5.74, 6) is 0.0300. The van der Waals surface area contributed by atoms with Crippen LogP contribution in [-0.2, 0) is 16.1 Å². The molecule has 53 heavy (non-hydrogen) atoms. The summed E-state index contributed by atoms with van der Waals surface area (Å²) in [6.45, 7) is 7.19. The maximum Gasteiger partial charge on any atom is 0.311 e. The van der Waals surface area contributed by atoms with E-state index in [4.69, 9.17) is 26.1 Å². The molecule has 2 saturated carbocycles. The fourth-order valence-corrected chi connectivity index (χ4v) is 8.67. The molecule has 0 atom stereocenters. The average molecular weight is 739 g/mol. The highest BCUT2D eigenvalue weighted by atomic mass is 35.5. The lowest BCUT2D eigenvalue weighted by molar-refractivity contribution is -0.152. The van der Waals surface area contributed by atoms with E-state index in [-0.39, 0.29) is 28.1 Å². The van der Waals surface area contributed by atoms with E-state index >= 15 is 0 Å². The van der Waals surface area contributed by atoms with Crippen LogP contribution in [0.5, 0.6) is 5.88 Å². The molecule has 0 amide bonds. The van der Waals surface area contributed by atoms with Gasteiger partial charge in [-0.1, -0.05) is 60.7 Å². The van der Waals surface area contributed by atoms with E-state index in [0.29, 0.717) is 39.9 Å². The Morgan fingerprint density at radius 2 is 1.77 bits per heavy atom. The molecular weight excluding hydrogens is 698 g/mol. The van der Waals surface area contributed by atoms with Gasteiger partial charge in [-0.2, -0.15) is 0 Å². The smallest absolute Gasteiger partial charge is 0.311 e. The predicted octanol–water partition coefficient (Wildman–Crippen LogP) is 9.60. The molecule has 7 rings (SSSR count). The van der Waals surface area contributed by atoms with Gasteiger partial charge >= 0.3 is 5.97 Å². The third-order valence-corrected chi connectivity index (χ3v) is 11.3. The Hall–Kier alpha value is -5.00. The van der Waals surface area contributed by atoms with Gasteiger partial charge in [-0.25, -0.2) is 23.7 Å². The SMILES string of the molecule is C=Cc1cnc2c(Nc3cccc(-c4cccc(-c5ccc(CN(C)CC67CCC(C(=O)OC)(CC6)C7)c(OC)n5)c4Cl)c3C)nc(C(F)F)nc2c1. The molecule has 0 saturated heterocycles. The number of pyridine rings is 2. The summed E-state index contributed by atoms with van der Waals surface area (Å²) in [7, 11) is 5.21. The number of nitrogens with zero attached hydrogens (tertiary/aromatic N) is 5. The van der Waals surface area contributed by atoms with Crippen molar-refractivity contribution in [3.05, 3.63) is 94.9 Å². The van der Waals surface area contributed by atoms with Crippen LogP contribution in [0.2, 0.25) is 5.02 Å². The zero-order valence-electron chi connectivity index (χ0n) is 30.2. The number of nitrogens with one attached hydrogen (secondary N) is 1. The molecular formula is C41H41ClF2N6O3. The third-order valence-electron chi connectivity index (χ3n) is 10.9. The fraction of sp³-hybridized carbons (Fsp3) is 0.341. The molecule has 3 aromatic heterocycles. The van der Waals surface area contributed by atoms with Crippen molar-refractivity contribution in [3.63, 3.8) is 0 Å². The van der Waals surface area contributed by atoms with Crippen LogP contribution >= 0.6 is 11.6 Å². The van der Waals surface area contributed by atoms with E-state index in [1.165, 1.54) is 7.11 Å². The summed E-state index contributed by atoms with van der Waals surface area (Å²) in [6, 6.07) is 17.1. The average Bonchev–Trinajstić information content (AvgIpc) is 3.72. The first kappa shape index (κ1) is 36.4. The van der Waals surface area contributed by atoms with Gasteiger partial charge < -0.3 is 19.7 Å². The highest BCUT2D eigenvalue weighted by Gasteiger charge is 2.58. The molecule has 12 heteroatoms. The Balaban J connectivity index is 1.14. The molecule has 274 valence electrons. The van der Waals surface area contributed by atoms with Crippen molar-refractivity contribution in [3.8, 4) is 28.3 Å². The van der Waals surface area contributed by atoms with E-state index in [1.54, 1.807) is 25.4 Å². The molecule has 2 aliphatic rings. The minimum atomic E-state index is -2.86. The van der Waals surface area contributed by atoms with Crippen molar-refractivity contribution in [1.29, 1.82) is 0 Å². The van der Waals surface area contributed by atoms with E-state index in [0.717, 1.165) is 66.5 Å². The summed E-state index contributed by atoms with van der Waals surface area (Å²) in [5, 5.41) is 3.74. The molecule has 2 aromatic carbocycles. The van der Waals surface area contributed by atoms with Crippen LogP contribution in [0.25, 0.3) is 39.5 Å². The Morgan fingerprint density at radius 3 is 2.49 bits per heavy atom. The van der Waals surface area contributed by atoms with Gasteiger partial charge in [-0.15, -0.1) is 0 Å². The zero-order valence-corrected chi connectivity index (χ0v) is 30.9. The second-order valence-corrected chi connectivity index (χ2v) is 14.7. The predicted molar refractivity (Wildman–Crippen MR) is 203 cm³/mol. The van der Waals surface area contributed by atoms with E-state index in [2.05, 4.69) is 38.8 Å². The topological polar surface area (TPSA) is 102 Å². The lowest BCUT2D eigenvalue weighted by Gasteiger charge is -2.32. The first-order chi connectivity index (χ1) is 25.5. The fourth-order valence-electron chi connectivity index (χ4n) is 8.35. The van der Waals surface area contributed by atoms with Gasteiger partial charge in [0.2, 0.25) is 5.88 Å². The normalized spacial score (nSPS) is 19.3. The lowest BCUT2D eigenvalue weighted by Crippen LogP contribution is -2.32. The van der Waals surface area contributed by atoms with Gasteiger partial charge in [0.15, 0.2) is 11.6 Å². The standard InChI is InChI=1S/C41H41ClF2N6O3/c1-6-25-19-32-34(45-20-25)36(49-37(47-32)35(43)44)46-30-12-8-9-27(24(30)2)28-10-7-11-29(33(28)42)31-14-13-26(38(48-31)52-4)21-50(3)23-40-15-17-41(22-40,18-16-40)39(51)53-5/h6-14,19-20,35H,1,15-18,21-23H2,2-5H3,(H,46,47,49). The van der Waals surface area contributed by atoms with Gasteiger partial charge in [0, 0.05) is 41.7 Å². The number of carbonyl (C=O) groups is 1. The second-order valence-electron chi connectivity index (χ2n) is 14.3. The summed E-state index contributed by atoms with van der Waals surface area (Å²) in [6.07, 6.45) is 5.03. The number of alkyl halides is 2. The maximum absolute atomic E-state index is 13.8. The minimum absolute atomic E-state index is 0.0646. The molecule has 2 fully saturated rings. The van der Waals surface area contributed by atoms with E-state index in [1.807, 2.05) is 55.5 Å². The van der Waals surface area contributed by atoms with Crippen LogP contribution in [0.15, 0.2) is 67.4 Å². The summed E-state index contributed by atoms with van der Waals surface area (Å²) >= 11 is 7.15. The largest absolute Gasteiger partial charge is 0.481 e. The number of hydrogen-bond acceptors (Lipinski definition) is 9. The van der Waals surface area contributed by atoms with Gasteiger partial charge in [0.25, 0.3) is 6.43 Å². The molecule has 0 spiro atoms. The lowest BCUT2D eigenvalue weighted by atomic mass is 9.82. The van der Waals surface area contributed by atoms with Crippen molar-refractivity contribution in [1.82, 2.24) is 24.8 Å². The van der Waals surface area contributed by atoms with Crippen LogP contribution in [0.3, 0.4) is 0 Å². The summed E-state index contributed by atoms with van der Waals surface area (Å²) in [4.78, 5) is 32.3. The van der Waals surface area contributed by atoms with Gasteiger partial charge in [-0.05, 0) is 86.4 Å². The second kappa shape index (κ2) is 14.4. The number of fused-ring (bicyclic) bond motifs is 3. The Bertz CT molecular complexity index is 2220. The number of ether oxygens (including phenoxy) is 2. The van der Waals surface area contributed by atoms with Crippen molar-refractivity contribution in [2.45, 2.75) is 52.0 Å². The molecule has 2 bridgehead atoms. The number of benzene rings is 2.